The minimum atomic E-state index is 0.00390. The molecule has 1 heterocycles. The number of benzene rings is 1. The summed E-state index contributed by atoms with van der Waals surface area (Å²) >= 11 is 0. The third-order valence-electron chi connectivity index (χ3n) is 2.71. The van der Waals surface area contributed by atoms with E-state index in [1.165, 1.54) is 12.8 Å². The second-order valence-corrected chi connectivity index (χ2v) is 3.98. The Bertz CT molecular complexity index is 383. The van der Waals surface area contributed by atoms with E-state index in [1.54, 1.807) is 0 Å². The number of amidine groups is 1. The summed E-state index contributed by atoms with van der Waals surface area (Å²) in [6, 6.07) is 9.70. The summed E-state index contributed by atoms with van der Waals surface area (Å²) in [5, 5.41) is 7.32. The van der Waals surface area contributed by atoms with Crippen LogP contribution in [0.15, 0.2) is 40.5 Å². The lowest BCUT2D eigenvalue weighted by Gasteiger charge is -2.21. The summed E-state index contributed by atoms with van der Waals surface area (Å²) in [5.74, 6) is 0.526. The summed E-state index contributed by atoms with van der Waals surface area (Å²) in [6.07, 6.45) is 3.37. The molecule has 2 rings (SSSR count). The fourth-order valence-electron chi connectivity index (χ4n) is 1.78. The van der Waals surface area contributed by atoms with Crippen LogP contribution in [0.2, 0.25) is 0 Å². The molecule has 0 spiro atoms. The van der Waals surface area contributed by atoms with Crippen molar-refractivity contribution in [3.8, 4) is 0 Å². The Kier molecular flexibility index (Phi) is 4.27. The van der Waals surface area contributed by atoms with Crippen LogP contribution in [0.1, 0.15) is 24.8 Å². The van der Waals surface area contributed by atoms with Crippen molar-refractivity contribution in [3.05, 3.63) is 35.9 Å². The van der Waals surface area contributed by atoms with Crippen molar-refractivity contribution in [2.24, 2.45) is 10.1 Å². The number of piperidine rings is 1. The number of hydrogen-bond acceptors (Lipinski definition) is 3. The van der Waals surface area contributed by atoms with E-state index < -0.39 is 0 Å². The molecule has 90 valence electrons. The van der Waals surface area contributed by atoms with Gasteiger partial charge in [0.05, 0.1) is 0 Å². The lowest BCUT2D eigenvalue weighted by atomic mass is 10.1. The zero-order valence-corrected chi connectivity index (χ0v) is 9.80. The number of rotatable bonds is 3. The van der Waals surface area contributed by atoms with E-state index in [2.05, 4.69) is 22.2 Å². The van der Waals surface area contributed by atoms with Crippen LogP contribution in [-0.4, -0.2) is 25.3 Å². The predicted octanol–water partition coefficient (Wildman–Crippen LogP) is 2.17. The van der Waals surface area contributed by atoms with E-state index in [0.29, 0.717) is 5.84 Å². The van der Waals surface area contributed by atoms with Crippen LogP contribution in [0.3, 0.4) is 0 Å². The van der Waals surface area contributed by atoms with E-state index in [1.807, 2.05) is 30.3 Å². The summed E-state index contributed by atoms with van der Waals surface area (Å²) in [5.41, 5.74) is 0.915. The van der Waals surface area contributed by atoms with Gasteiger partial charge in [-0.2, -0.15) is 0 Å². The third-order valence-corrected chi connectivity index (χ3v) is 2.71. The van der Waals surface area contributed by atoms with Gasteiger partial charge in [-0.05, 0) is 26.1 Å². The fourth-order valence-corrected chi connectivity index (χ4v) is 1.78. The van der Waals surface area contributed by atoms with Crippen LogP contribution in [0.4, 0.5) is 0 Å². The van der Waals surface area contributed by atoms with Gasteiger partial charge in [0.1, 0.15) is 0 Å². The van der Waals surface area contributed by atoms with E-state index in [0.717, 1.165) is 18.5 Å². The van der Waals surface area contributed by atoms with Gasteiger partial charge in [-0.1, -0.05) is 35.5 Å². The molecular formula is C13H17N3O. The van der Waals surface area contributed by atoms with Crippen molar-refractivity contribution in [3.63, 3.8) is 0 Å². The lowest BCUT2D eigenvalue weighted by Crippen LogP contribution is -2.35. The molecule has 4 heteroatoms. The van der Waals surface area contributed by atoms with E-state index >= 15 is 0 Å². The molecule has 1 aromatic carbocycles. The molecule has 1 saturated heterocycles. The topological polar surface area (TPSA) is 46.0 Å². The first-order chi connectivity index (χ1) is 8.40. The van der Waals surface area contributed by atoms with E-state index in [4.69, 9.17) is 4.84 Å². The van der Waals surface area contributed by atoms with Crippen LogP contribution >= 0.6 is 0 Å². The van der Waals surface area contributed by atoms with Crippen molar-refractivity contribution in [1.29, 1.82) is 0 Å². The van der Waals surface area contributed by atoms with Crippen molar-refractivity contribution in [1.82, 2.24) is 5.32 Å². The van der Waals surface area contributed by atoms with E-state index in [-0.39, 0.29) is 6.23 Å². The molecule has 0 radical (unpaired) electrons. The fraction of sp³-hybridized carbons (Fsp3) is 0.385. The van der Waals surface area contributed by atoms with Crippen molar-refractivity contribution >= 4 is 12.6 Å². The SMILES string of the molecule is C=N/C(=N\OC1CCCCN1)c1ccccc1. The maximum atomic E-state index is 5.43. The maximum absolute atomic E-state index is 5.43. The molecule has 1 aliphatic rings. The minimum absolute atomic E-state index is 0.00390. The van der Waals surface area contributed by atoms with Gasteiger partial charge in [0, 0.05) is 12.0 Å². The molecule has 1 atom stereocenters. The largest absolute Gasteiger partial charge is 0.375 e. The second kappa shape index (κ2) is 6.15. The monoisotopic (exact) mass is 231 g/mol. The summed E-state index contributed by atoms with van der Waals surface area (Å²) in [4.78, 5) is 9.32. The molecule has 0 aromatic heterocycles. The average molecular weight is 231 g/mol. The standard InChI is InChI=1S/C13H17N3O/c1-14-13(11-7-3-2-4-8-11)16-17-12-9-5-6-10-15-12/h2-4,7-8,12,15H,1,5-6,9-10H2/b16-13-. The van der Waals surface area contributed by atoms with Gasteiger partial charge in [-0.3, -0.25) is 5.32 Å². The van der Waals surface area contributed by atoms with Crippen molar-refractivity contribution < 1.29 is 4.84 Å². The Hall–Kier alpha value is -1.68. The number of aliphatic imine (C=N–C) groups is 1. The Labute approximate surface area is 101 Å². The van der Waals surface area contributed by atoms with Gasteiger partial charge < -0.3 is 4.84 Å². The second-order valence-electron chi connectivity index (χ2n) is 3.98. The van der Waals surface area contributed by atoms with Gasteiger partial charge in [0.25, 0.3) is 0 Å². The van der Waals surface area contributed by atoms with Gasteiger partial charge in [0.15, 0.2) is 12.1 Å². The zero-order chi connectivity index (χ0) is 11.9. The smallest absolute Gasteiger partial charge is 0.198 e. The summed E-state index contributed by atoms with van der Waals surface area (Å²) in [7, 11) is 0. The van der Waals surface area contributed by atoms with Gasteiger partial charge >= 0.3 is 0 Å². The highest BCUT2D eigenvalue weighted by Gasteiger charge is 2.13. The molecule has 1 aliphatic heterocycles. The Morgan fingerprint density at radius 3 is 2.76 bits per heavy atom. The minimum Gasteiger partial charge on any atom is -0.375 e. The predicted molar refractivity (Wildman–Crippen MR) is 69.3 cm³/mol. The summed E-state index contributed by atoms with van der Waals surface area (Å²) < 4.78 is 0. The number of oxime groups is 1. The molecule has 1 fully saturated rings. The normalized spacial score (nSPS) is 20.9. The average Bonchev–Trinajstić information content (AvgIpc) is 2.42. The van der Waals surface area contributed by atoms with Crippen LogP contribution < -0.4 is 5.32 Å². The number of hydrogen-bond donors (Lipinski definition) is 1. The molecular weight excluding hydrogens is 214 g/mol. The Morgan fingerprint density at radius 1 is 1.29 bits per heavy atom. The van der Waals surface area contributed by atoms with Crippen LogP contribution in [0.5, 0.6) is 0 Å². The van der Waals surface area contributed by atoms with Gasteiger partial charge in [-0.25, -0.2) is 4.99 Å². The third kappa shape index (κ3) is 3.39. The molecule has 1 unspecified atom stereocenters. The highest BCUT2D eigenvalue weighted by molar-refractivity contribution is 6.00. The molecule has 1 N–H and O–H groups in total. The first-order valence-electron chi connectivity index (χ1n) is 5.89. The Morgan fingerprint density at radius 2 is 2.12 bits per heavy atom. The van der Waals surface area contributed by atoms with Crippen LogP contribution in [0.25, 0.3) is 0 Å². The van der Waals surface area contributed by atoms with Crippen LogP contribution in [0, 0.1) is 0 Å². The Balaban J connectivity index is 2.00. The quantitative estimate of drug-likeness (QED) is 0.492. The molecule has 1 aromatic rings. The van der Waals surface area contributed by atoms with Crippen LogP contribution in [-0.2, 0) is 4.84 Å². The summed E-state index contributed by atoms with van der Waals surface area (Å²) in [6.45, 7) is 4.51. The first-order valence-corrected chi connectivity index (χ1v) is 5.89. The molecule has 0 aliphatic carbocycles. The number of nitrogens with zero attached hydrogens (tertiary/aromatic N) is 2. The van der Waals surface area contributed by atoms with Gasteiger partial charge in [-0.15, -0.1) is 0 Å². The zero-order valence-electron chi connectivity index (χ0n) is 9.80. The van der Waals surface area contributed by atoms with E-state index in [9.17, 15) is 0 Å². The highest BCUT2D eigenvalue weighted by Crippen LogP contribution is 2.09. The van der Waals surface area contributed by atoms with Crippen molar-refractivity contribution in [2.45, 2.75) is 25.5 Å². The first kappa shape index (κ1) is 11.8. The molecule has 4 nitrogen and oxygen atoms in total. The highest BCUT2D eigenvalue weighted by atomic mass is 16.6. The number of nitrogens with one attached hydrogen (secondary N) is 1. The molecule has 0 saturated carbocycles. The lowest BCUT2D eigenvalue weighted by molar-refractivity contribution is 0.0163. The van der Waals surface area contributed by atoms with Gasteiger partial charge in [0.2, 0.25) is 0 Å². The molecule has 17 heavy (non-hydrogen) atoms. The molecule has 0 bridgehead atoms. The van der Waals surface area contributed by atoms with Crippen molar-refractivity contribution in [2.75, 3.05) is 6.54 Å². The molecule has 0 amide bonds. The maximum Gasteiger partial charge on any atom is 0.198 e.